The number of nitrogens with two attached hydrogens (primary N) is 1. The summed E-state index contributed by atoms with van der Waals surface area (Å²) in [5, 5.41) is 0. The summed E-state index contributed by atoms with van der Waals surface area (Å²) in [4.78, 5) is 10.8. The highest BCUT2D eigenvalue weighted by molar-refractivity contribution is 5.76. The molecule has 1 heterocycles. The molecule has 1 saturated heterocycles. The van der Waals surface area contributed by atoms with Crippen LogP contribution >= 0.6 is 0 Å². The second-order valence-electron chi connectivity index (χ2n) is 2.66. The van der Waals surface area contributed by atoms with Gasteiger partial charge in [0.25, 0.3) is 0 Å². The molecule has 0 aromatic carbocycles. The number of rotatable bonds is 1. The maximum Gasteiger partial charge on any atom is 0.339 e. The Balaban J connectivity index is 2.61. The van der Waals surface area contributed by atoms with Gasteiger partial charge in [0.2, 0.25) is 5.79 Å². The lowest BCUT2D eigenvalue weighted by atomic mass is 10.4. The Labute approximate surface area is 59.3 Å². The van der Waals surface area contributed by atoms with Crippen molar-refractivity contribution in [2.75, 3.05) is 6.54 Å². The first-order chi connectivity index (χ1) is 4.55. The van der Waals surface area contributed by atoms with Gasteiger partial charge < -0.3 is 15.2 Å². The summed E-state index contributed by atoms with van der Waals surface area (Å²) < 4.78 is 9.92. The number of hydrogen-bond acceptors (Lipinski definition) is 4. The smallest absolute Gasteiger partial charge is 0.339 e. The van der Waals surface area contributed by atoms with E-state index in [1.807, 2.05) is 0 Å². The molecule has 0 aromatic rings. The highest BCUT2D eigenvalue weighted by atomic mass is 16.8. The first-order valence-corrected chi connectivity index (χ1v) is 3.16. The second-order valence-corrected chi connectivity index (χ2v) is 2.66. The van der Waals surface area contributed by atoms with E-state index < -0.39 is 11.9 Å². The predicted octanol–water partition coefficient (Wildman–Crippen LogP) is -0.377. The topological polar surface area (TPSA) is 61.5 Å². The van der Waals surface area contributed by atoms with Crippen LogP contribution in [-0.2, 0) is 14.3 Å². The van der Waals surface area contributed by atoms with Crippen LogP contribution in [0, 0.1) is 0 Å². The summed E-state index contributed by atoms with van der Waals surface area (Å²) >= 11 is 0. The van der Waals surface area contributed by atoms with Gasteiger partial charge >= 0.3 is 5.97 Å². The van der Waals surface area contributed by atoms with Gasteiger partial charge in [0.15, 0.2) is 6.10 Å². The zero-order valence-corrected chi connectivity index (χ0v) is 6.09. The third-order valence-corrected chi connectivity index (χ3v) is 1.25. The zero-order valence-electron chi connectivity index (χ0n) is 6.09. The Morgan fingerprint density at radius 3 is 2.50 bits per heavy atom. The SMILES string of the molecule is CC1(C)OC(=O)[C@H](CN)O1. The molecule has 0 amide bonds. The van der Waals surface area contributed by atoms with Gasteiger partial charge in [-0.3, -0.25) is 0 Å². The fraction of sp³-hybridized carbons (Fsp3) is 0.833. The fourth-order valence-corrected chi connectivity index (χ4v) is 0.867. The molecule has 0 radical (unpaired) electrons. The van der Waals surface area contributed by atoms with Crippen LogP contribution in [0.15, 0.2) is 0 Å². The Hall–Kier alpha value is -0.610. The van der Waals surface area contributed by atoms with Crippen molar-refractivity contribution in [2.45, 2.75) is 25.7 Å². The van der Waals surface area contributed by atoms with E-state index in [9.17, 15) is 4.79 Å². The van der Waals surface area contributed by atoms with E-state index in [1.165, 1.54) is 0 Å². The molecular weight excluding hydrogens is 134 g/mol. The predicted molar refractivity (Wildman–Crippen MR) is 34.1 cm³/mol. The molecule has 4 nitrogen and oxygen atoms in total. The van der Waals surface area contributed by atoms with E-state index in [2.05, 4.69) is 0 Å². The minimum atomic E-state index is -0.791. The van der Waals surface area contributed by atoms with Crippen molar-refractivity contribution in [3.63, 3.8) is 0 Å². The van der Waals surface area contributed by atoms with Crippen molar-refractivity contribution in [2.24, 2.45) is 5.73 Å². The lowest BCUT2D eigenvalue weighted by Crippen LogP contribution is -2.27. The summed E-state index contributed by atoms with van der Waals surface area (Å²) in [6, 6.07) is 0. The van der Waals surface area contributed by atoms with E-state index >= 15 is 0 Å². The molecule has 0 spiro atoms. The largest absolute Gasteiger partial charge is 0.432 e. The number of carbonyl (C=O) groups is 1. The summed E-state index contributed by atoms with van der Waals surface area (Å²) in [5.74, 6) is -1.16. The van der Waals surface area contributed by atoms with Gasteiger partial charge in [-0.25, -0.2) is 4.79 Å². The molecule has 4 heteroatoms. The molecule has 2 N–H and O–H groups in total. The standard InChI is InChI=1S/C6H11NO3/c1-6(2)9-4(3-7)5(8)10-6/h4H,3,7H2,1-2H3/t4-/m0/s1. The van der Waals surface area contributed by atoms with Crippen LogP contribution in [0.5, 0.6) is 0 Å². The van der Waals surface area contributed by atoms with Crippen LogP contribution in [0.4, 0.5) is 0 Å². The van der Waals surface area contributed by atoms with Gasteiger partial charge in [0.1, 0.15) is 0 Å². The first kappa shape index (κ1) is 7.50. The van der Waals surface area contributed by atoms with Crippen LogP contribution in [-0.4, -0.2) is 24.4 Å². The van der Waals surface area contributed by atoms with Crippen LogP contribution in [0.3, 0.4) is 0 Å². The third kappa shape index (κ3) is 1.27. The van der Waals surface area contributed by atoms with E-state index in [1.54, 1.807) is 13.8 Å². The van der Waals surface area contributed by atoms with Crippen LogP contribution in [0.2, 0.25) is 0 Å². The van der Waals surface area contributed by atoms with Gasteiger partial charge in [-0.15, -0.1) is 0 Å². The molecule has 58 valence electrons. The number of ether oxygens (including phenoxy) is 2. The zero-order chi connectivity index (χ0) is 7.78. The molecular formula is C6H11NO3. The maximum absolute atomic E-state index is 10.8. The third-order valence-electron chi connectivity index (χ3n) is 1.25. The monoisotopic (exact) mass is 145 g/mol. The molecule has 0 bridgehead atoms. The van der Waals surface area contributed by atoms with Crippen LogP contribution in [0.25, 0.3) is 0 Å². The van der Waals surface area contributed by atoms with E-state index in [4.69, 9.17) is 15.2 Å². The molecule has 1 fully saturated rings. The van der Waals surface area contributed by atoms with E-state index in [0.717, 1.165) is 0 Å². The molecule has 0 aromatic heterocycles. The first-order valence-electron chi connectivity index (χ1n) is 3.16. The van der Waals surface area contributed by atoms with Gasteiger partial charge in [-0.2, -0.15) is 0 Å². The Kier molecular flexibility index (Phi) is 1.66. The Morgan fingerprint density at radius 1 is 1.70 bits per heavy atom. The van der Waals surface area contributed by atoms with Crippen molar-refractivity contribution >= 4 is 5.97 Å². The maximum atomic E-state index is 10.8. The molecule has 1 rings (SSSR count). The summed E-state index contributed by atoms with van der Waals surface area (Å²) in [6.45, 7) is 3.55. The molecule has 0 unspecified atom stereocenters. The van der Waals surface area contributed by atoms with Crippen molar-refractivity contribution in [1.82, 2.24) is 0 Å². The summed E-state index contributed by atoms with van der Waals surface area (Å²) in [6.07, 6.45) is -0.574. The number of hydrogen-bond donors (Lipinski definition) is 1. The van der Waals surface area contributed by atoms with Crippen molar-refractivity contribution in [1.29, 1.82) is 0 Å². The van der Waals surface area contributed by atoms with E-state index in [-0.39, 0.29) is 12.5 Å². The van der Waals surface area contributed by atoms with Gasteiger partial charge in [-0.1, -0.05) is 0 Å². The fourth-order valence-electron chi connectivity index (χ4n) is 0.867. The number of carbonyl (C=O) groups excluding carboxylic acids is 1. The highest BCUT2D eigenvalue weighted by Gasteiger charge is 2.39. The number of esters is 1. The van der Waals surface area contributed by atoms with Crippen LogP contribution in [0.1, 0.15) is 13.8 Å². The quantitative estimate of drug-likeness (QED) is 0.511. The average Bonchev–Trinajstić information content (AvgIpc) is 2.05. The molecule has 1 atom stereocenters. The molecule has 1 aliphatic heterocycles. The molecule has 10 heavy (non-hydrogen) atoms. The normalized spacial score (nSPS) is 30.3. The lowest BCUT2D eigenvalue weighted by Gasteiger charge is -2.14. The minimum Gasteiger partial charge on any atom is -0.432 e. The molecule has 0 aliphatic carbocycles. The van der Waals surface area contributed by atoms with Gasteiger partial charge in [0.05, 0.1) is 0 Å². The Bertz CT molecular complexity index is 155. The van der Waals surface area contributed by atoms with Crippen molar-refractivity contribution in [3.05, 3.63) is 0 Å². The summed E-state index contributed by atoms with van der Waals surface area (Å²) in [5.41, 5.74) is 5.22. The van der Waals surface area contributed by atoms with E-state index in [0.29, 0.717) is 0 Å². The minimum absolute atomic E-state index is 0.183. The van der Waals surface area contributed by atoms with Crippen LogP contribution < -0.4 is 5.73 Å². The Morgan fingerprint density at radius 2 is 2.30 bits per heavy atom. The lowest BCUT2D eigenvalue weighted by molar-refractivity contribution is -0.160. The van der Waals surface area contributed by atoms with Crippen molar-refractivity contribution < 1.29 is 14.3 Å². The highest BCUT2D eigenvalue weighted by Crippen LogP contribution is 2.22. The average molecular weight is 145 g/mol. The molecule has 0 saturated carbocycles. The number of cyclic esters (lactones) is 1. The van der Waals surface area contributed by atoms with Crippen molar-refractivity contribution in [3.8, 4) is 0 Å². The van der Waals surface area contributed by atoms with Gasteiger partial charge in [-0.05, 0) is 0 Å². The van der Waals surface area contributed by atoms with Gasteiger partial charge in [0, 0.05) is 20.4 Å². The molecule has 1 aliphatic rings. The summed E-state index contributed by atoms with van der Waals surface area (Å²) in [7, 11) is 0. The second kappa shape index (κ2) is 2.21.